The van der Waals surface area contributed by atoms with E-state index in [2.05, 4.69) is 28.4 Å². The maximum Gasteiger partial charge on any atom is 0.161 e. The summed E-state index contributed by atoms with van der Waals surface area (Å²) in [6.07, 6.45) is 7.44. The van der Waals surface area contributed by atoms with Gasteiger partial charge in [0.1, 0.15) is 11.0 Å². The molecule has 1 N–H and O–H groups in total. The van der Waals surface area contributed by atoms with Gasteiger partial charge in [0.05, 0.1) is 19.4 Å². The zero-order chi connectivity index (χ0) is 20.9. The summed E-state index contributed by atoms with van der Waals surface area (Å²) in [6, 6.07) is 7.14. The highest BCUT2D eigenvalue weighted by atomic mass is 32.2. The van der Waals surface area contributed by atoms with Crippen molar-refractivity contribution in [3.05, 3.63) is 28.2 Å². The summed E-state index contributed by atoms with van der Waals surface area (Å²) < 4.78 is 11.5. The van der Waals surface area contributed by atoms with Crippen molar-refractivity contribution < 1.29 is 9.47 Å². The number of nitriles is 1. The van der Waals surface area contributed by atoms with Crippen molar-refractivity contribution in [1.29, 1.82) is 5.26 Å². The Bertz CT molecular complexity index is 826. The molecular weight excluding hydrogens is 394 g/mol. The van der Waals surface area contributed by atoms with Gasteiger partial charge in [-0.3, -0.25) is 0 Å². The summed E-state index contributed by atoms with van der Waals surface area (Å²) in [5.41, 5.74) is 3.41. The van der Waals surface area contributed by atoms with Gasteiger partial charge in [0.2, 0.25) is 0 Å². The van der Waals surface area contributed by atoms with Crippen molar-refractivity contribution >= 4 is 17.5 Å². The van der Waals surface area contributed by atoms with Crippen molar-refractivity contribution in [3.8, 4) is 17.6 Å². The molecule has 2 heterocycles. The highest BCUT2D eigenvalue weighted by Crippen LogP contribution is 2.46. The molecule has 0 amide bonds. The van der Waals surface area contributed by atoms with Crippen LogP contribution in [0.4, 0.5) is 0 Å². The first-order valence-corrected chi connectivity index (χ1v) is 12.3. The third-order valence-electron chi connectivity index (χ3n) is 6.58. The van der Waals surface area contributed by atoms with Crippen LogP contribution in [0.25, 0.3) is 5.70 Å². The SMILES string of the molecule is CCOc1cc2c(cc1OC)C(=C(C#N)SCCN1CCCC1)NC1CCCCC21. The zero-order valence-corrected chi connectivity index (χ0v) is 19.0. The number of likely N-dealkylation sites (tertiary alicyclic amines) is 1. The molecular formula is C24H33N3O2S. The van der Waals surface area contributed by atoms with Gasteiger partial charge >= 0.3 is 0 Å². The van der Waals surface area contributed by atoms with Crippen molar-refractivity contribution in [2.24, 2.45) is 0 Å². The average Bonchev–Trinajstić information content (AvgIpc) is 3.30. The van der Waals surface area contributed by atoms with E-state index < -0.39 is 0 Å². The highest BCUT2D eigenvalue weighted by molar-refractivity contribution is 8.03. The van der Waals surface area contributed by atoms with Crippen molar-refractivity contribution in [2.75, 3.05) is 39.1 Å². The lowest BCUT2D eigenvalue weighted by atomic mass is 9.75. The molecule has 162 valence electrons. The fourth-order valence-corrected chi connectivity index (χ4v) is 6.03. The Balaban J connectivity index is 1.68. The Morgan fingerprint density at radius 2 is 2.00 bits per heavy atom. The van der Waals surface area contributed by atoms with E-state index in [1.54, 1.807) is 18.9 Å². The Hall–Kier alpha value is -1.84. The number of allylic oxidation sites excluding steroid dienone is 1. The first kappa shape index (κ1) is 21.4. The first-order chi connectivity index (χ1) is 14.7. The Kier molecular flexibility index (Phi) is 7.12. The minimum Gasteiger partial charge on any atom is -0.493 e. The van der Waals surface area contributed by atoms with Crippen LogP contribution in [0.5, 0.6) is 11.5 Å². The number of hydrogen-bond donors (Lipinski definition) is 1. The third-order valence-corrected chi connectivity index (χ3v) is 7.55. The van der Waals surface area contributed by atoms with Crippen molar-refractivity contribution in [1.82, 2.24) is 10.2 Å². The number of ether oxygens (including phenoxy) is 2. The van der Waals surface area contributed by atoms with E-state index in [1.807, 2.05) is 6.92 Å². The largest absolute Gasteiger partial charge is 0.493 e. The molecule has 4 rings (SSSR count). The van der Waals surface area contributed by atoms with E-state index in [4.69, 9.17) is 9.47 Å². The molecule has 1 saturated heterocycles. The minimum atomic E-state index is 0.395. The van der Waals surface area contributed by atoms with Crippen LogP contribution in [0.2, 0.25) is 0 Å². The lowest BCUT2D eigenvalue weighted by Crippen LogP contribution is -2.40. The minimum absolute atomic E-state index is 0.395. The highest BCUT2D eigenvalue weighted by Gasteiger charge is 2.36. The molecule has 30 heavy (non-hydrogen) atoms. The molecule has 0 radical (unpaired) electrons. The van der Waals surface area contributed by atoms with Gasteiger partial charge < -0.3 is 19.7 Å². The number of fused-ring (bicyclic) bond motifs is 3. The van der Waals surface area contributed by atoms with Gasteiger partial charge in [0, 0.05) is 29.8 Å². The number of thioether (sulfide) groups is 1. The maximum absolute atomic E-state index is 10.0. The van der Waals surface area contributed by atoms with Crippen LogP contribution < -0.4 is 14.8 Å². The van der Waals surface area contributed by atoms with Crippen LogP contribution in [0, 0.1) is 11.3 Å². The Morgan fingerprint density at radius 1 is 1.20 bits per heavy atom. The van der Waals surface area contributed by atoms with Gasteiger partial charge in [0.25, 0.3) is 0 Å². The van der Waals surface area contributed by atoms with Gasteiger partial charge in [-0.05, 0) is 63.4 Å². The normalized spacial score (nSPS) is 25.0. The molecule has 6 heteroatoms. The molecule has 1 saturated carbocycles. The van der Waals surface area contributed by atoms with Gasteiger partial charge in [-0.2, -0.15) is 5.26 Å². The lowest BCUT2D eigenvalue weighted by Gasteiger charge is -2.40. The Morgan fingerprint density at radius 3 is 2.73 bits per heavy atom. The molecule has 2 fully saturated rings. The van der Waals surface area contributed by atoms with Crippen LogP contribution >= 0.6 is 11.8 Å². The summed E-state index contributed by atoms with van der Waals surface area (Å²) in [6.45, 7) is 6.05. The van der Waals surface area contributed by atoms with Crippen molar-refractivity contribution in [3.63, 3.8) is 0 Å². The van der Waals surface area contributed by atoms with E-state index in [9.17, 15) is 5.26 Å². The fraction of sp³-hybridized carbons (Fsp3) is 0.625. The zero-order valence-electron chi connectivity index (χ0n) is 18.2. The van der Waals surface area contributed by atoms with Gasteiger partial charge in [0.15, 0.2) is 11.5 Å². The van der Waals surface area contributed by atoms with Crippen LogP contribution in [0.1, 0.15) is 62.5 Å². The van der Waals surface area contributed by atoms with E-state index in [0.717, 1.165) is 46.4 Å². The second-order valence-electron chi connectivity index (χ2n) is 8.38. The molecule has 2 atom stereocenters. The molecule has 3 aliphatic rings. The molecule has 2 unspecified atom stereocenters. The van der Waals surface area contributed by atoms with Crippen LogP contribution in [0.3, 0.4) is 0 Å². The second kappa shape index (κ2) is 9.98. The molecule has 1 aromatic carbocycles. The number of benzene rings is 1. The average molecular weight is 428 g/mol. The summed E-state index contributed by atoms with van der Waals surface area (Å²) in [5, 5.41) is 13.8. The monoisotopic (exact) mass is 427 g/mol. The van der Waals surface area contributed by atoms with Crippen LogP contribution in [-0.4, -0.2) is 50.0 Å². The number of nitrogens with one attached hydrogen (secondary N) is 1. The molecule has 0 aromatic heterocycles. The van der Waals surface area contributed by atoms with E-state index in [0.29, 0.717) is 18.6 Å². The predicted molar refractivity (Wildman–Crippen MR) is 123 cm³/mol. The predicted octanol–water partition coefficient (Wildman–Crippen LogP) is 4.74. The van der Waals surface area contributed by atoms with Gasteiger partial charge in [-0.15, -0.1) is 11.8 Å². The summed E-state index contributed by atoms with van der Waals surface area (Å²) in [4.78, 5) is 3.30. The molecule has 0 bridgehead atoms. The molecule has 0 spiro atoms. The topological polar surface area (TPSA) is 57.5 Å². The number of hydrogen-bond acceptors (Lipinski definition) is 6. The lowest BCUT2D eigenvalue weighted by molar-refractivity contribution is 0.306. The first-order valence-electron chi connectivity index (χ1n) is 11.4. The number of nitrogens with zero attached hydrogens (tertiary/aromatic N) is 2. The van der Waals surface area contributed by atoms with Gasteiger partial charge in [-0.25, -0.2) is 0 Å². The standard InChI is InChI=1S/C24H33N3O2S/c1-3-29-22-14-18-17-8-4-5-9-20(17)26-24(19(18)15-21(22)28-2)23(16-25)30-13-12-27-10-6-7-11-27/h14-15,17,20,26H,3-13H2,1-2H3. The quantitative estimate of drug-likeness (QED) is 0.634. The molecule has 1 aliphatic carbocycles. The fourth-order valence-electron chi connectivity index (χ4n) is 5.10. The number of methoxy groups -OCH3 is 1. The van der Waals surface area contributed by atoms with E-state index in [1.165, 1.54) is 50.8 Å². The van der Waals surface area contributed by atoms with E-state index >= 15 is 0 Å². The number of rotatable bonds is 7. The van der Waals surface area contributed by atoms with Gasteiger partial charge in [-0.1, -0.05) is 12.8 Å². The molecule has 2 aliphatic heterocycles. The second-order valence-corrected chi connectivity index (χ2v) is 9.48. The van der Waals surface area contributed by atoms with Crippen LogP contribution in [-0.2, 0) is 0 Å². The Labute approximate surface area is 184 Å². The maximum atomic E-state index is 10.0. The summed E-state index contributed by atoms with van der Waals surface area (Å²) in [7, 11) is 1.68. The summed E-state index contributed by atoms with van der Waals surface area (Å²) >= 11 is 1.69. The molecule has 1 aromatic rings. The summed E-state index contributed by atoms with van der Waals surface area (Å²) in [5.74, 6) is 2.97. The van der Waals surface area contributed by atoms with E-state index in [-0.39, 0.29) is 0 Å². The van der Waals surface area contributed by atoms with Crippen molar-refractivity contribution in [2.45, 2.75) is 57.4 Å². The molecule has 5 nitrogen and oxygen atoms in total. The third kappa shape index (κ3) is 4.43. The smallest absolute Gasteiger partial charge is 0.161 e. The van der Waals surface area contributed by atoms with Crippen LogP contribution in [0.15, 0.2) is 17.0 Å².